The summed E-state index contributed by atoms with van der Waals surface area (Å²) < 4.78 is 54.9. The summed E-state index contributed by atoms with van der Waals surface area (Å²) in [6, 6.07) is 20.7. The summed E-state index contributed by atoms with van der Waals surface area (Å²) in [5, 5.41) is 4.03. The lowest BCUT2D eigenvalue weighted by molar-refractivity contribution is -0.119. The van der Waals surface area contributed by atoms with Gasteiger partial charge in [-0.05, 0) is 56.3 Å². The van der Waals surface area contributed by atoms with Crippen LogP contribution in [0.25, 0.3) is 5.69 Å². The fourth-order valence-corrected chi connectivity index (χ4v) is 5.71. The largest absolute Gasteiger partial charge is 0.493 e. The molecule has 0 bridgehead atoms. The van der Waals surface area contributed by atoms with E-state index in [2.05, 4.69) is 10.5 Å². The minimum absolute atomic E-state index is 0.0779. The Balaban J connectivity index is 1.57. The minimum atomic E-state index is -4.18. The molecule has 1 N–H and O–H groups in total. The fraction of sp³-hybridized carbons (Fsp3) is 0.172. The summed E-state index contributed by atoms with van der Waals surface area (Å²) in [5.74, 6) is -0.419. The van der Waals surface area contributed by atoms with Crippen molar-refractivity contribution in [2.75, 3.05) is 25.1 Å². The number of amides is 1. The maximum atomic E-state index is 14.4. The van der Waals surface area contributed by atoms with Gasteiger partial charge >= 0.3 is 0 Å². The summed E-state index contributed by atoms with van der Waals surface area (Å²) in [4.78, 5) is 12.8. The van der Waals surface area contributed by atoms with Gasteiger partial charge in [-0.3, -0.25) is 9.10 Å². The number of benzene rings is 3. The van der Waals surface area contributed by atoms with E-state index in [-0.39, 0.29) is 16.5 Å². The third kappa shape index (κ3) is 5.84. The monoisotopic (exact) mass is 564 g/mol. The number of carbonyl (C=O) groups is 1. The van der Waals surface area contributed by atoms with Gasteiger partial charge in [-0.1, -0.05) is 30.3 Å². The highest BCUT2D eigenvalue weighted by Crippen LogP contribution is 2.32. The molecule has 208 valence electrons. The maximum absolute atomic E-state index is 14.4. The standard InChI is InChI=1S/C29H29FN4O5S/c1-20-16-22(21(2)34(20)26-13-9-8-12-25(26)30)18-31-32-29(35)19-33(23-10-6-5-7-11-23)40(36,37)24-14-15-27(38-3)28(17-24)39-4/h5-18H,19H2,1-4H3,(H,32,35)/b31-18-. The van der Waals surface area contributed by atoms with E-state index in [1.807, 2.05) is 19.9 Å². The van der Waals surface area contributed by atoms with Gasteiger partial charge in [0.25, 0.3) is 15.9 Å². The topological polar surface area (TPSA) is 102 Å². The van der Waals surface area contributed by atoms with Crippen LogP contribution in [0.5, 0.6) is 11.5 Å². The van der Waals surface area contributed by atoms with Crippen LogP contribution in [0, 0.1) is 19.7 Å². The highest BCUT2D eigenvalue weighted by Gasteiger charge is 2.28. The second kappa shape index (κ2) is 12.0. The quantitative estimate of drug-likeness (QED) is 0.224. The van der Waals surface area contributed by atoms with Gasteiger partial charge in [-0.2, -0.15) is 5.10 Å². The van der Waals surface area contributed by atoms with E-state index in [4.69, 9.17) is 9.47 Å². The Morgan fingerprint density at radius 1 is 0.975 bits per heavy atom. The van der Waals surface area contributed by atoms with Crippen molar-refractivity contribution in [1.29, 1.82) is 0 Å². The average Bonchev–Trinajstić information content (AvgIpc) is 3.24. The van der Waals surface area contributed by atoms with Gasteiger partial charge in [0.15, 0.2) is 11.5 Å². The van der Waals surface area contributed by atoms with Gasteiger partial charge in [-0.15, -0.1) is 0 Å². The number of hydrogen-bond acceptors (Lipinski definition) is 6. The smallest absolute Gasteiger partial charge is 0.264 e. The van der Waals surface area contributed by atoms with Crippen LogP contribution >= 0.6 is 0 Å². The Kier molecular flexibility index (Phi) is 8.54. The molecule has 0 aliphatic heterocycles. The molecule has 1 heterocycles. The van der Waals surface area contributed by atoms with Crippen LogP contribution in [-0.2, 0) is 14.8 Å². The first-order valence-electron chi connectivity index (χ1n) is 12.2. The number of sulfonamides is 1. The van der Waals surface area contributed by atoms with Gasteiger partial charge in [0.05, 0.1) is 36.7 Å². The number of halogens is 1. The molecule has 9 nitrogen and oxygen atoms in total. The first kappa shape index (κ1) is 28.4. The summed E-state index contributed by atoms with van der Waals surface area (Å²) >= 11 is 0. The molecule has 0 unspecified atom stereocenters. The molecule has 1 amide bonds. The molecule has 0 aliphatic carbocycles. The second-order valence-electron chi connectivity index (χ2n) is 8.77. The van der Waals surface area contributed by atoms with Crippen LogP contribution in [0.15, 0.2) is 88.9 Å². The number of nitrogens with zero attached hydrogens (tertiary/aromatic N) is 3. The van der Waals surface area contributed by atoms with E-state index >= 15 is 0 Å². The lowest BCUT2D eigenvalue weighted by atomic mass is 10.2. The van der Waals surface area contributed by atoms with E-state index in [0.29, 0.717) is 22.7 Å². The molecule has 0 aliphatic rings. The van der Waals surface area contributed by atoms with Crippen molar-refractivity contribution in [2.24, 2.45) is 5.10 Å². The van der Waals surface area contributed by atoms with E-state index < -0.39 is 22.5 Å². The third-order valence-corrected chi connectivity index (χ3v) is 8.00. The Morgan fingerprint density at radius 3 is 2.33 bits per heavy atom. The fourth-order valence-electron chi connectivity index (χ4n) is 4.28. The molecule has 0 saturated heterocycles. The summed E-state index contributed by atoms with van der Waals surface area (Å²) in [6.07, 6.45) is 1.44. The van der Waals surface area contributed by atoms with E-state index in [1.165, 1.54) is 44.7 Å². The van der Waals surface area contributed by atoms with Crippen molar-refractivity contribution in [2.45, 2.75) is 18.7 Å². The van der Waals surface area contributed by atoms with Crippen LogP contribution in [0.4, 0.5) is 10.1 Å². The lowest BCUT2D eigenvalue weighted by Gasteiger charge is -2.24. The predicted octanol–water partition coefficient (Wildman–Crippen LogP) is 4.60. The number of hydrogen-bond donors (Lipinski definition) is 1. The van der Waals surface area contributed by atoms with Crippen molar-refractivity contribution in [3.05, 3.63) is 102 Å². The van der Waals surface area contributed by atoms with Crippen molar-refractivity contribution in [3.63, 3.8) is 0 Å². The van der Waals surface area contributed by atoms with Crippen molar-refractivity contribution >= 4 is 27.8 Å². The number of carbonyl (C=O) groups excluding carboxylic acids is 1. The molecule has 0 fully saturated rings. The number of anilines is 1. The lowest BCUT2D eigenvalue weighted by Crippen LogP contribution is -2.39. The SMILES string of the molecule is COc1ccc(S(=O)(=O)N(CC(=O)N/N=C\c2cc(C)n(-c3ccccc3F)c2C)c2ccccc2)cc1OC. The van der Waals surface area contributed by atoms with E-state index in [9.17, 15) is 17.6 Å². The zero-order valence-electron chi connectivity index (χ0n) is 22.5. The van der Waals surface area contributed by atoms with Crippen LogP contribution in [0.3, 0.4) is 0 Å². The van der Waals surface area contributed by atoms with E-state index in [0.717, 1.165) is 15.7 Å². The summed E-state index contributed by atoms with van der Waals surface area (Å²) in [5.41, 5.74) is 5.27. The van der Waals surface area contributed by atoms with Crippen molar-refractivity contribution < 1.29 is 27.1 Å². The number of rotatable bonds is 10. The predicted molar refractivity (Wildman–Crippen MR) is 151 cm³/mol. The van der Waals surface area contributed by atoms with Crippen molar-refractivity contribution in [1.82, 2.24) is 9.99 Å². The molecule has 0 radical (unpaired) electrons. The van der Waals surface area contributed by atoms with Crippen LogP contribution in [0.2, 0.25) is 0 Å². The number of para-hydroxylation sites is 2. The molecule has 0 spiro atoms. The molecular formula is C29H29FN4O5S. The molecule has 11 heteroatoms. The van der Waals surface area contributed by atoms with Gasteiger partial charge in [-0.25, -0.2) is 18.2 Å². The number of nitrogens with one attached hydrogen (secondary N) is 1. The molecule has 1 aromatic heterocycles. The molecule has 0 atom stereocenters. The minimum Gasteiger partial charge on any atom is -0.493 e. The Hall–Kier alpha value is -4.64. The third-order valence-electron chi connectivity index (χ3n) is 6.23. The van der Waals surface area contributed by atoms with Crippen LogP contribution in [-0.4, -0.2) is 45.9 Å². The Bertz CT molecular complexity index is 1650. The summed E-state index contributed by atoms with van der Waals surface area (Å²) in [6.45, 7) is 3.12. The molecule has 4 aromatic rings. The summed E-state index contributed by atoms with van der Waals surface area (Å²) in [7, 11) is -1.33. The number of hydrazone groups is 1. The highest BCUT2D eigenvalue weighted by molar-refractivity contribution is 7.92. The molecule has 3 aromatic carbocycles. The van der Waals surface area contributed by atoms with Gasteiger partial charge in [0.2, 0.25) is 0 Å². The first-order chi connectivity index (χ1) is 19.2. The van der Waals surface area contributed by atoms with Crippen LogP contribution < -0.4 is 19.2 Å². The molecular weight excluding hydrogens is 535 g/mol. The molecule has 4 rings (SSSR count). The second-order valence-corrected chi connectivity index (χ2v) is 10.6. The average molecular weight is 565 g/mol. The van der Waals surface area contributed by atoms with Gasteiger partial charge < -0.3 is 14.0 Å². The van der Waals surface area contributed by atoms with E-state index in [1.54, 1.807) is 53.1 Å². The normalized spacial score (nSPS) is 11.4. The molecule has 0 saturated carbocycles. The Morgan fingerprint density at radius 2 is 1.65 bits per heavy atom. The van der Waals surface area contributed by atoms with Gasteiger partial charge in [0.1, 0.15) is 12.4 Å². The number of ether oxygens (including phenoxy) is 2. The Labute approximate surface area is 232 Å². The maximum Gasteiger partial charge on any atom is 0.264 e. The number of aryl methyl sites for hydroxylation is 1. The number of methoxy groups -OCH3 is 2. The van der Waals surface area contributed by atoms with Crippen LogP contribution in [0.1, 0.15) is 17.0 Å². The number of aromatic nitrogens is 1. The zero-order chi connectivity index (χ0) is 28.9. The highest BCUT2D eigenvalue weighted by atomic mass is 32.2. The zero-order valence-corrected chi connectivity index (χ0v) is 23.3. The first-order valence-corrected chi connectivity index (χ1v) is 13.7. The van der Waals surface area contributed by atoms with Gasteiger partial charge in [0, 0.05) is 23.0 Å². The van der Waals surface area contributed by atoms with Crippen molar-refractivity contribution in [3.8, 4) is 17.2 Å². The molecule has 40 heavy (non-hydrogen) atoms.